The van der Waals surface area contributed by atoms with Crippen LogP contribution in [0.2, 0.25) is 0 Å². The van der Waals surface area contributed by atoms with Crippen molar-refractivity contribution in [3.63, 3.8) is 0 Å². The molecule has 3 nitrogen and oxygen atoms in total. The number of allylic oxidation sites excluding steroid dienone is 4. The van der Waals surface area contributed by atoms with Gasteiger partial charge in [-0.2, -0.15) is 0 Å². The Morgan fingerprint density at radius 2 is 1.83 bits per heavy atom. The van der Waals surface area contributed by atoms with Gasteiger partial charge in [0.1, 0.15) is 5.78 Å². The van der Waals surface area contributed by atoms with Crippen LogP contribution in [0.25, 0.3) is 0 Å². The predicted molar refractivity (Wildman–Crippen MR) is 112 cm³/mol. The van der Waals surface area contributed by atoms with Crippen LogP contribution in [0.1, 0.15) is 71.8 Å². The average Bonchev–Trinajstić information content (AvgIpc) is 3.29. The Morgan fingerprint density at radius 1 is 1.07 bits per heavy atom. The maximum atomic E-state index is 13.8. The molecule has 4 aliphatic carbocycles. The summed E-state index contributed by atoms with van der Waals surface area (Å²) in [6.45, 7) is 10.9. The van der Waals surface area contributed by atoms with Crippen molar-refractivity contribution in [2.75, 3.05) is 0 Å². The number of Topliss-reactive ketones (excluding diaryl/α,β-unsaturated/α-hetero) is 1. The standard InChI is InChI=1S/C26H32O3/c1-23(2)20-14-22(28)26(5)18-7-6-17(16-10-13-29-15-16)24(18,3)11-8-19(26)25(20,4)12-9-21(23)27/h7,9-10,12-13,15,17,19-20H,6,8,11,14H2,1-5H3/t17-,19+,20+,24-,25+,26?/m0/s1. The minimum absolute atomic E-state index is 0.00228. The first-order valence-corrected chi connectivity index (χ1v) is 11.1. The zero-order chi connectivity index (χ0) is 20.8. The van der Waals surface area contributed by atoms with Crippen molar-refractivity contribution in [1.29, 1.82) is 0 Å². The molecule has 0 amide bonds. The molecule has 0 radical (unpaired) electrons. The lowest BCUT2D eigenvalue weighted by Gasteiger charge is -2.63. The van der Waals surface area contributed by atoms with Crippen molar-refractivity contribution in [1.82, 2.24) is 0 Å². The highest BCUT2D eigenvalue weighted by molar-refractivity contribution is 5.98. The number of carbonyl (C=O) groups excluding carboxylic acids is 2. The molecule has 6 atom stereocenters. The Bertz CT molecular complexity index is 949. The second-order valence-electron chi connectivity index (χ2n) is 11.1. The lowest BCUT2D eigenvalue weighted by atomic mass is 9.39. The third-order valence-corrected chi connectivity index (χ3v) is 9.67. The van der Waals surface area contributed by atoms with E-state index in [2.05, 4.69) is 39.0 Å². The number of hydrogen-bond donors (Lipinski definition) is 0. The molecular weight excluding hydrogens is 360 g/mol. The van der Waals surface area contributed by atoms with E-state index in [0.717, 1.165) is 19.3 Å². The second kappa shape index (κ2) is 5.62. The molecule has 29 heavy (non-hydrogen) atoms. The lowest BCUT2D eigenvalue weighted by molar-refractivity contribution is -0.156. The van der Waals surface area contributed by atoms with Crippen LogP contribution >= 0.6 is 0 Å². The van der Waals surface area contributed by atoms with Gasteiger partial charge in [-0.05, 0) is 72.5 Å². The second-order valence-corrected chi connectivity index (χ2v) is 11.1. The minimum atomic E-state index is -0.482. The summed E-state index contributed by atoms with van der Waals surface area (Å²) in [6, 6.07) is 2.08. The first-order valence-electron chi connectivity index (χ1n) is 11.1. The van der Waals surface area contributed by atoms with Crippen molar-refractivity contribution in [2.24, 2.45) is 33.5 Å². The molecule has 0 saturated heterocycles. The van der Waals surface area contributed by atoms with Crippen molar-refractivity contribution >= 4 is 11.6 Å². The van der Waals surface area contributed by atoms with Crippen molar-refractivity contribution in [2.45, 2.75) is 66.2 Å². The fourth-order valence-corrected chi connectivity index (χ4v) is 7.97. The number of furan rings is 1. The molecule has 2 saturated carbocycles. The molecule has 3 heteroatoms. The summed E-state index contributed by atoms with van der Waals surface area (Å²) >= 11 is 0. The molecule has 4 aliphatic rings. The number of fused-ring (bicyclic) bond motifs is 5. The Hall–Kier alpha value is -1.90. The maximum Gasteiger partial charge on any atom is 0.161 e. The first kappa shape index (κ1) is 19.1. The number of hydrogen-bond acceptors (Lipinski definition) is 3. The molecule has 0 bridgehead atoms. The smallest absolute Gasteiger partial charge is 0.161 e. The average molecular weight is 393 g/mol. The fourth-order valence-electron chi connectivity index (χ4n) is 7.97. The normalized spacial score (nSPS) is 45.4. The van der Waals surface area contributed by atoms with E-state index in [1.165, 1.54) is 11.1 Å². The molecule has 5 rings (SSSR count). The Morgan fingerprint density at radius 3 is 2.52 bits per heavy atom. The summed E-state index contributed by atoms with van der Waals surface area (Å²) in [5, 5.41) is 0. The van der Waals surface area contributed by atoms with E-state index < -0.39 is 10.8 Å². The summed E-state index contributed by atoms with van der Waals surface area (Å²) in [7, 11) is 0. The van der Waals surface area contributed by atoms with Crippen molar-refractivity contribution in [3.05, 3.63) is 48.0 Å². The molecule has 0 spiro atoms. The Labute approximate surface area is 173 Å². The molecule has 1 aromatic heterocycles. The van der Waals surface area contributed by atoms with Gasteiger partial charge in [0, 0.05) is 11.8 Å². The molecular formula is C26H32O3. The molecule has 154 valence electrons. The van der Waals surface area contributed by atoms with E-state index in [1.54, 1.807) is 12.3 Å². The molecule has 1 heterocycles. The van der Waals surface area contributed by atoms with Gasteiger partial charge in [-0.3, -0.25) is 9.59 Å². The van der Waals surface area contributed by atoms with Crippen molar-refractivity contribution < 1.29 is 14.0 Å². The van der Waals surface area contributed by atoms with Crippen LogP contribution in [0.5, 0.6) is 0 Å². The summed E-state index contributed by atoms with van der Waals surface area (Å²) in [6.07, 6.45) is 13.5. The molecule has 1 aromatic rings. The zero-order valence-electron chi connectivity index (χ0n) is 18.2. The van der Waals surface area contributed by atoms with E-state index in [1.807, 2.05) is 20.1 Å². The van der Waals surface area contributed by atoms with Gasteiger partial charge in [0.25, 0.3) is 0 Å². The van der Waals surface area contributed by atoms with E-state index in [4.69, 9.17) is 4.42 Å². The third-order valence-electron chi connectivity index (χ3n) is 9.67. The van der Waals surface area contributed by atoms with E-state index in [-0.39, 0.29) is 28.4 Å². The molecule has 0 aliphatic heterocycles. The number of carbonyl (C=O) groups is 2. The largest absolute Gasteiger partial charge is 0.472 e. The van der Waals surface area contributed by atoms with Gasteiger partial charge in [0.05, 0.1) is 17.9 Å². The van der Waals surface area contributed by atoms with Gasteiger partial charge in [0.2, 0.25) is 0 Å². The van der Waals surface area contributed by atoms with Crippen LogP contribution in [0.3, 0.4) is 0 Å². The van der Waals surface area contributed by atoms with Gasteiger partial charge < -0.3 is 4.42 Å². The van der Waals surface area contributed by atoms with Crippen LogP contribution in [-0.4, -0.2) is 11.6 Å². The molecule has 2 fully saturated rings. The summed E-state index contributed by atoms with van der Waals surface area (Å²) in [4.78, 5) is 26.5. The molecule has 0 N–H and O–H groups in total. The third kappa shape index (κ3) is 2.14. The van der Waals surface area contributed by atoms with E-state index >= 15 is 0 Å². The zero-order valence-corrected chi connectivity index (χ0v) is 18.2. The van der Waals surface area contributed by atoms with Gasteiger partial charge in [-0.15, -0.1) is 0 Å². The topological polar surface area (TPSA) is 47.3 Å². The summed E-state index contributed by atoms with van der Waals surface area (Å²) < 4.78 is 5.39. The highest BCUT2D eigenvalue weighted by Crippen LogP contribution is 2.71. The monoisotopic (exact) mass is 392 g/mol. The van der Waals surface area contributed by atoms with Crippen LogP contribution in [-0.2, 0) is 9.59 Å². The van der Waals surface area contributed by atoms with Gasteiger partial charge in [0.15, 0.2) is 5.78 Å². The minimum Gasteiger partial charge on any atom is -0.472 e. The van der Waals surface area contributed by atoms with Crippen LogP contribution in [0.4, 0.5) is 0 Å². The number of rotatable bonds is 1. The van der Waals surface area contributed by atoms with Gasteiger partial charge in [-0.1, -0.05) is 45.4 Å². The van der Waals surface area contributed by atoms with E-state index in [9.17, 15) is 9.59 Å². The Balaban J connectivity index is 1.61. The van der Waals surface area contributed by atoms with Crippen molar-refractivity contribution in [3.8, 4) is 0 Å². The molecule has 1 unspecified atom stereocenters. The fraction of sp³-hybridized carbons (Fsp3) is 0.615. The van der Waals surface area contributed by atoms with Crippen LogP contribution < -0.4 is 0 Å². The van der Waals surface area contributed by atoms with Gasteiger partial charge >= 0.3 is 0 Å². The maximum absolute atomic E-state index is 13.8. The summed E-state index contributed by atoms with van der Waals surface area (Å²) in [5.41, 5.74) is 1.54. The van der Waals surface area contributed by atoms with Gasteiger partial charge in [-0.25, -0.2) is 0 Å². The highest BCUT2D eigenvalue weighted by atomic mass is 16.3. The Kier molecular flexibility index (Phi) is 3.70. The predicted octanol–water partition coefficient (Wildman–Crippen LogP) is 5.88. The van der Waals surface area contributed by atoms with Crippen LogP contribution in [0, 0.1) is 33.5 Å². The molecule has 0 aromatic carbocycles. The van der Waals surface area contributed by atoms with E-state index in [0.29, 0.717) is 18.1 Å². The first-order chi connectivity index (χ1) is 13.6. The van der Waals surface area contributed by atoms with Crippen LogP contribution in [0.15, 0.2) is 46.8 Å². The highest BCUT2D eigenvalue weighted by Gasteiger charge is 2.67. The SMILES string of the molecule is CC1(C)C(=O)C=C[C@@]2(C)[C@@H]1CC(=O)C1(C)C3=CC[C@@H](c4ccoc4)[C@]3(C)CC[C@@H]12. The lowest BCUT2D eigenvalue weighted by Crippen LogP contribution is -2.62. The number of ketones is 2. The summed E-state index contributed by atoms with van der Waals surface area (Å²) in [5.74, 6) is 1.21. The quantitative estimate of drug-likeness (QED) is 0.561.